The Labute approximate surface area is 178 Å². The number of benzene rings is 1. The quantitative estimate of drug-likeness (QED) is 0.642. The number of hydrogen-bond acceptors (Lipinski definition) is 6. The number of morpholine rings is 1. The summed E-state index contributed by atoms with van der Waals surface area (Å²) in [5.41, 5.74) is 1.69. The molecule has 4 amide bonds. The van der Waals surface area contributed by atoms with Gasteiger partial charge in [-0.25, -0.2) is 4.79 Å². The standard InChI is InChI=1S/C22H21N3O6/c1-3-17-18(4-2)21(28)25(20(17)27)12-16-11-24(22(29)31-16)15-7-5-14(6-8-15)23-9-10-30-13-19(23)26/h3-8,16H,1-2,9-13H2/t16-/m1/s1. The minimum atomic E-state index is -0.670. The van der Waals surface area contributed by atoms with Crippen LogP contribution in [-0.4, -0.2) is 67.7 Å². The van der Waals surface area contributed by atoms with Crippen LogP contribution < -0.4 is 9.80 Å². The number of carbonyl (C=O) groups is 4. The van der Waals surface area contributed by atoms with Crippen molar-refractivity contribution in [3.05, 3.63) is 60.7 Å². The van der Waals surface area contributed by atoms with Gasteiger partial charge >= 0.3 is 6.09 Å². The number of nitrogens with zero attached hydrogens (tertiary/aromatic N) is 3. The van der Waals surface area contributed by atoms with Gasteiger partial charge in [-0.1, -0.05) is 25.3 Å². The van der Waals surface area contributed by atoms with E-state index in [1.165, 1.54) is 17.1 Å². The fourth-order valence-electron chi connectivity index (χ4n) is 3.81. The second-order valence-corrected chi connectivity index (χ2v) is 7.19. The lowest BCUT2D eigenvalue weighted by molar-refractivity contribution is -0.138. The summed E-state index contributed by atoms with van der Waals surface area (Å²) in [5, 5.41) is 0. The molecule has 9 heteroatoms. The van der Waals surface area contributed by atoms with E-state index in [0.717, 1.165) is 10.6 Å². The van der Waals surface area contributed by atoms with E-state index in [-0.39, 0.29) is 36.7 Å². The van der Waals surface area contributed by atoms with Crippen LogP contribution in [0.2, 0.25) is 0 Å². The normalized spacial score (nSPS) is 21.8. The summed E-state index contributed by atoms with van der Waals surface area (Å²) in [6.07, 6.45) is 1.41. The van der Waals surface area contributed by atoms with Gasteiger partial charge in [-0.05, 0) is 24.3 Å². The molecule has 0 N–H and O–H groups in total. The van der Waals surface area contributed by atoms with Crippen molar-refractivity contribution in [3.63, 3.8) is 0 Å². The summed E-state index contributed by atoms with van der Waals surface area (Å²) < 4.78 is 10.5. The molecule has 160 valence electrons. The number of imide groups is 1. The number of cyclic esters (lactones) is 1. The molecule has 3 aliphatic rings. The van der Waals surface area contributed by atoms with E-state index in [1.54, 1.807) is 29.2 Å². The summed E-state index contributed by atoms with van der Waals surface area (Å²) in [7, 11) is 0. The maximum Gasteiger partial charge on any atom is 0.414 e. The zero-order valence-electron chi connectivity index (χ0n) is 16.8. The Balaban J connectivity index is 1.44. The molecule has 1 aromatic carbocycles. The summed E-state index contributed by atoms with van der Waals surface area (Å²) in [6, 6.07) is 6.95. The highest BCUT2D eigenvalue weighted by Gasteiger charge is 2.40. The third kappa shape index (κ3) is 3.64. The van der Waals surface area contributed by atoms with Gasteiger partial charge in [0.2, 0.25) is 0 Å². The summed E-state index contributed by atoms with van der Waals surface area (Å²) in [6.45, 7) is 8.25. The molecule has 0 saturated carbocycles. The molecule has 1 aromatic rings. The Hall–Kier alpha value is -3.72. The molecule has 0 bridgehead atoms. The third-order valence-corrected chi connectivity index (χ3v) is 5.37. The van der Waals surface area contributed by atoms with E-state index in [1.807, 2.05) is 0 Å². The van der Waals surface area contributed by atoms with Gasteiger partial charge in [0.25, 0.3) is 17.7 Å². The molecule has 4 rings (SSSR count). The Morgan fingerprint density at radius 1 is 0.935 bits per heavy atom. The van der Waals surface area contributed by atoms with Crippen molar-refractivity contribution in [2.24, 2.45) is 0 Å². The molecule has 0 radical (unpaired) electrons. The van der Waals surface area contributed by atoms with Crippen LogP contribution in [0.15, 0.2) is 60.7 Å². The Morgan fingerprint density at radius 3 is 2.06 bits per heavy atom. The summed E-state index contributed by atoms with van der Waals surface area (Å²) in [4.78, 5) is 53.4. The number of hydrogen-bond donors (Lipinski definition) is 0. The van der Waals surface area contributed by atoms with Gasteiger partial charge in [0, 0.05) is 17.9 Å². The molecule has 0 aliphatic carbocycles. The van der Waals surface area contributed by atoms with Crippen LogP contribution in [0, 0.1) is 0 Å². The van der Waals surface area contributed by atoms with Gasteiger partial charge in [0.1, 0.15) is 12.7 Å². The molecule has 2 fully saturated rings. The Bertz CT molecular complexity index is 983. The maximum atomic E-state index is 12.5. The largest absolute Gasteiger partial charge is 0.442 e. The van der Waals surface area contributed by atoms with Crippen molar-refractivity contribution in [1.29, 1.82) is 0 Å². The van der Waals surface area contributed by atoms with Crippen molar-refractivity contribution in [1.82, 2.24) is 4.90 Å². The van der Waals surface area contributed by atoms with E-state index < -0.39 is 24.0 Å². The second-order valence-electron chi connectivity index (χ2n) is 7.19. The van der Waals surface area contributed by atoms with Crippen molar-refractivity contribution in [2.45, 2.75) is 6.10 Å². The van der Waals surface area contributed by atoms with Crippen LogP contribution in [0.1, 0.15) is 0 Å². The Morgan fingerprint density at radius 2 is 1.52 bits per heavy atom. The highest BCUT2D eigenvalue weighted by atomic mass is 16.6. The smallest absolute Gasteiger partial charge is 0.414 e. The molecule has 0 unspecified atom stereocenters. The minimum Gasteiger partial charge on any atom is -0.442 e. The van der Waals surface area contributed by atoms with Crippen LogP contribution in [0.3, 0.4) is 0 Å². The van der Waals surface area contributed by atoms with E-state index in [4.69, 9.17) is 9.47 Å². The lowest BCUT2D eigenvalue weighted by atomic mass is 10.1. The molecule has 2 saturated heterocycles. The zero-order valence-corrected chi connectivity index (χ0v) is 16.8. The number of amides is 4. The molecule has 0 spiro atoms. The van der Waals surface area contributed by atoms with E-state index in [2.05, 4.69) is 13.2 Å². The van der Waals surface area contributed by atoms with Gasteiger partial charge in [-0.15, -0.1) is 0 Å². The predicted molar refractivity (Wildman–Crippen MR) is 111 cm³/mol. The van der Waals surface area contributed by atoms with Gasteiger partial charge in [-0.2, -0.15) is 0 Å². The molecular formula is C22H21N3O6. The first-order valence-electron chi connectivity index (χ1n) is 9.76. The average Bonchev–Trinajstić information content (AvgIpc) is 3.25. The van der Waals surface area contributed by atoms with Crippen molar-refractivity contribution in [2.75, 3.05) is 42.6 Å². The molecule has 31 heavy (non-hydrogen) atoms. The monoisotopic (exact) mass is 423 g/mol. The van der Waals surface area contributed by atoms with Gasteiger partial charge < -0.3 is 14.4 Å². The van der Waals surface area contributed by atoms with E-state index >= 15 is 0 Å². The molecule has 3 aliphatic heterocycles. The van der Waals surface area contributed by atoms with E-state index in [0.29, 0.717) is 18.8 Å². The first kappa shape index (κ1) is 20.5. The van der Waals surface area contributed by atoms with Crippen molar-refractivity contribution >= 4 is 35.2 Å². The first-order valence-corrected chi connectivity index (χ1v) is 9.76. The number of carbonyl (C=O) groups excluding carboxylic acids is 4. The summed E-state index contributed by atoms with van der Waals surface area (Å²) in [5.74, 6) is -1.08. The van der Waals surface area contributed by atoms with Crippen LogP contribution >= 0.6 is 0 Å². The average molecular weight is 423 g/mol. The second kappa shape index (κ2) is 8.19. The van der Waals surface area contributed by atoms with Crippen LogP contribution in [0.25, 0.3) is 0 Å². The SMILES string of the molecule is C=CC1=C(C=C)C(=O)N(C[C@H]2CN(c3ccc(N4CCOCC4=O)cc3)C(=O)O2)C1=O. The fraction of sp³-hybridized carbons (Fsp3) is 0.273. The molecule has 1 atom stereocenters. The molecule has 9 nitrogen and oxygen atoms in total. The minimum absolute atomic E-state index is 0.0474. The van der Waals surface area contributed by atoms with Crippen LogP contribution in [-0.2, 0) is 23.9 Å². The number of rotatable bonds is 6. The van der Waals surface area contributed by atoms with Crippen LogP contribution in [0.4, 0.5) is 16.2 Å². The fourth-order valence-corrected chi connectivity index (χ4v) is 3.81. The van der Waals surface area contributed by atoms with E-state index in [9.17, 15) is 19.2 Å². The number of ether oxygens (including phenoxy) is 2. The van der Waals surface area contributed by atoms with Crippen molar-refractivity contribution < 1.29 is 28.7 Å². The highest BCUT2D eigenvalue weighted by Crippen LogP contribution is 2.28. The molecule has 0 aromatic heterocycles. The first-order chi connectivity index (χ1) is 14.9. The number of anilines is 2. The van der Waals surface area contributed by atoms with Gasteiger partial charge in [0.05, 0.1) is 30.8 Å². The lowest BCUT2D eigenvalue weighted by Crippen LogP contribution is -2.41. The molecule has 3 heterocycles. The molecular weight excluding hydrogens is 402 g/mol. The third-order valence-electron chi connectivity index (χ3n) is 5.37. The highest BCUT2D eigenvalue weighted by molar-refractivity contribution is 6.21. The zero-order chi connectivity index (χ0) is 22.1. The van der Waals surface area contributed by atoms with Crippen LogP contribution in [0.5, 0.6) is 0 Å². The van der Waals surface area contributed by atoms with Crippen molar-refractivity contribution in [3.8, 4) is 0 Å². The summed E-state index contributed by atoms with van der Waals surface area (Å²) >= 11 is 0. The lowest BCUT2D eigenvalue weighted by Gasteiger charge is -2.27. The topological polar surface area (TPSA) is 96.5 Å². The Kier molecular flexibility index (Phi) is 5.43. The van der Waals surface area contributed by atoms with Gasteiger partial charge in [0.15, 0.2) is 0 Å². The maximum absolute atomic E-state index is 12.5. The predicted octanol–water partition coefficient (Wildman–Crippen LogP) is 1.41. The van der Waals surface area contributed by atoms with Gasteiger partial charge in [-0.3, -0.25) is 24.2 Å².